The molecule has 2 aromatic carbocycles. The summed E-state index contributed by atoms with van der Waals surface area (Å²) < 4.78 is 47.3. The van der Waals surface area contributed by atoms with E-state index in [4.69, 9.17) is 15.9 Å². The van der Waals surface area contributed by atoms with Crippen LogP contribution >= 0.6 is 0 Å². The van der Waals surface area contributed by atoms with Gasteiger partial charge in [0, 0.05) is 37.1 Å². The molecule has 1 saturated heterocycles. The van der Waals surface area contributed by atoms with Gasteiger partial charge in [-0.25, -0.2) is 0 Å². The van der Waals surface area contributed by atoms with Crippen molar-refractivity contribution >= 4 is 11.7 Å². The lowest BCUT2D eigenvalue weighted by atomic mass is 9.96. The quantitative estimate of drug-likeness (QED) is 0.163. The SMILES string of the molecule is N=C(N)N1CCC(Cn2c(C(=O)c3ccccn3)ccc2-c2cccc(Oc3cccc(C(F)(F)F)c3)c2)CC1. The fourth-order valence-corrected chi connectivity index (χ4v) is 4.95. The number of rotatable bonds is 7. The maximum absolute atomic E-state index is 13.5. The molecule has 206 valence electrons. The second kappa shape index (κ2) is 11.3. The van der Waals surface area contributed by atoms with Crippen molar-refractivity contribution in [3.05, 3.63) is 102 Å². The van der Waals surface area contributed by atoms with Gasteiger partial charge in [-0.05, 0) is 73.4 Å². The highest BCUT2D eigenvalue weighted by Crippen LogP contribution is 2.34. The van der Waals surface area contributed by atoms with Crippen molar-refractivity contribution in [2.45, 2.75) is 25.6 Å². The van der Waals surface area contributed by atoms with Gasteiger partial charge in [-0.3, -0.25) is 15.2 Å². The first kappa shape index (κ1) is 27.0. The highest BCUT2D eigenvalue weighted by molar-refractivity contribution is 6.07. The molecule has 1 fully saturated rings. The number of carbonyl (C=O) groups excluding carboxylic acids is 1. The van der Waals surface area contributed by atoms with Crippen LogP contribution in [0.2, 0.25) is 0 Å². The predicted molar refractivity (Wildman–Crippen MR) is 145 cm³/mol. The Balaban J connectivity index is 1.46. The number of piperidine rings is 1. The number of carbonyl (C=O) groups is 1. The minimum Gasteiger partial charge on any atom is -0.457 e. The number of ether oxygens (including phenoxy) is 1. The number of hydrogen-bond acceptors (Lipinski definition) is 4. The van der Waals surface area contributed by atoms with E-state index in [1.54, 1.807) is 48.7 Å². The molecule has 0 saturated carbocycles. The van der Waals surface area contributed by atoms with E-state index in [1.165, 1.54) is 12.1 Å². The molecule has 3 N–H and O–H groups in total. The lowest BCUT2D eigenvalue weighted by Crippen LogP contribution is -2.42. The summed E-state index contributed by atoms with van der Waals surface area (Å²) in [6, 6.07) is 20.6. The molecule has 3 heterocycles. The summed E-state index contributed by atoms with van der Waals surface area (Å²) in [6.45, 7) is 1.90. The van der Waals surface area contributed by atoms with Crippen LogP contribution in [0.15, 0.2) is 85.1 Å². The van der Waals surface area contributed by atoms with Gasteiger partial charge >= 0.3 is 6.18 Å². The molecule has 0 amide bonds. The third-order valence-corrected chi connectivity index (χ3v) is 7.03. The number of nitrogens with one attached hydrogen (secondary N) is 1. The maximum atomic E-state index is 13.5. The summed E-state index contributed by atoms with van der Waals surface area (Å²) in [6.07, 6.45) is -1.27. The third kappa shape index (κ3) is 6.01. The minimum atomic E-state index is -4.47. The normalized spacial score (nSPS) is 14.2. The van der Waals surface area contributed by atoms with Crippen LogP contribution in [0.4, 0.5) is 13.2 Å². The van der Waals surface area contributed by atoms with Crippen molar-refractivity contribution in [2.75, 3.05) is 13.1 Å². The Morgan fingerprint density at radius 1 is 0.975 bits per heavy atom. The molecule has 4 aromatic rings. The van der Waals surface area contributed by atoms with E-state index in [2.05, 4.69) is 4.98 Å². The number of aromatic nitrogens is 2. The van der Waals surface area contributed by atoms with Gasteiger partial charge in [0.05, 0.1) is 11.3 Å². The van der Waals surface area contributed by atoms with E-state index in [-0.39, 0.29) is 23.4 Å². The number of hydrogen-bond donors (Lipinski definition) is 2. The molecule has 0 unspecified atom stereocenters. The number of pyridine rings is 1. The van der Waals surface area contributed by atoms with E-state index in [9.17, 15) is 18.0 Å². The monoisotopic (exact) mass is 547 g/mol. The van der Waals surface area contributed by atoms with Crippen LogP contribution in [0.5, 0.6) is 11.5 Å². The van der Waals surface area contributed by atoms with Crippen LogP contribution in [0.3, 0.4) is 0 Å². The Labute approximate surface area is 229 Å². The number of guanidine groups is 1. The van der Waals surface area contributed by atoms with E-state index < -0.39 is 11.7 Å². The first-order valence-corrected chi connectivity index (χ1v) is 12.9. The predicted octanol–water partition coefficient (Wildman–Crippen LogP) is 6.20. The molecule has 0 radical (unpaired) electrons. The number of likely N-dealkylation sites (tertiary alicyclic amines) is 1. The average molecular weight is 548 g/mol. The van der Waals surface area contributed by atoms with Gasteiger partial charge in [-0.2, -0.15) is 13.2 Å². The minimum absolute atomic E-state index is 0.0590. The average Bonchev–Trinajstić information content (AvgIpc) is 3.36. The Hall–Kier alpha value is -4.60. The first-order chi connectivity index (χ1) is 19.2. The molecule has 0 bridgehead atoms. The molecule has 2 aromatic heterocycles. The highest BCUT2D eigenvalue weighted by Gasteiger charge is 2.30. The van der Waals surface area contributed by atoms with Crippen molar-refractivity contribution in [1.82, 2.24) is 14.5 Å². The number of alkyl halides is 3. The van der Waals surface area contributed by atoms with Crippen molar-refractivity contribution < 1.29 is 22.7 Å². The van der Waals surface area contributed by atoms with Crippen molar-refractivity contribution in [1.29, 1.82) is 5.41 Å². The summed E-state index contributed by atoms with van der Waals surface area (Å²) in [4.78, 5) is 19.5. The lowest BCUT2D eigenvalue weighted by Gasteiger charge is -2.33. The highest BCUT2D eigenvalue weighted by atomic mass is 19.4. The molecule has 7 nitrogen and oxygen atoms in total. The fourth-order valence-electron chi connectivity index (χ4n) is 4.95. The molecular weight excluding hydrogens is 519 g/mol. The zero-order chi connectivity index (χ0) is 28.3. The van der Waals surface area contributed by atoms with Crippen LogP contribution in [0, 0.1) is 11.3 Å². The topological polar surface area (TPSA) is 97.2 Å². The number of ketones is 1. The van der Waals surface area contributed by atoms with Gasteiger partial charge in [0.25, 0.3) is 0 Å². The Morgan fingerprint density at radius 3 is 2.38 bits per heavy atom. The molecule has 1 aliphatic heterocycles. The Morgan fingerprint density at radius 2 is 1.70 bits per heavy atom. The van der Waals surface area contributed by atoms with E-state index in [0.717, 1.165) is 36.2 Å². The molecule has 1 aliphatic rings. The van der Waals surface area contributed by atoms with E-state index >= 15 is 0 Å². The maximum Gasteiger partial charge on any atom is 0.416 e. The summed E-state index contributed by atoms with van der Waals surface area (Å²) >= 11 is 0. The van der Waals surface area contributed by atoms with Crippen LogP contribution in [0.25, 0.3) is 11.3 Å². The largest absolute Gasteiger partial charge is 0.457 e. The van der Waals surface area contributed by atoms with Gasteiger partial charge in [-0.1, -0.05) is 24.3 Å². The number of halogens is 3. The second-order valence-electron chi connectivity index (χ2n) is 9.73. The van der Waals surface area contributed by atoms with Crippen molar-refractivity contribution in [3.8, 4) is 22.8 Å². The summed E-state index contributed by atoms with van der Waals surface area (Å²) in [7, 11) is 0. The summed E-state index contributed by atoms with van der Waals surface area (Å²) in [5, 5.41) is 7.71. The lowest BCUT2D eigenvalue weighted by molar-refractivity contribution is -0.137. The Kier molecular flexibility index (Phi) is 7.59. The fraction of sp³-hybridized carbons (Fsp3) is 0.233. The van der Waals surface area contributed by atoms with Crippen LogP contribution < -0.4 is 10.5 Å². The van der Waals surface area contributed by atoms with Gasteiger partial charge < -0.3 is 19.9 Å². The van der Waals surface area contributed by atoms with E-state index in [0.29, 0.717) is 36.8 Å². The van der Waals surface area contributed by atoms with Crippen molar-refractivity contribution in [2.24, 2.45) is 11.7 Å². The standard InChI is InChI=1S/C30H28F3N5O2/c31-30(32,33)22-6-4-8-24(18-22)40-23-7-3-5-21(17-23)26-10-11-27(28(39)25-9-1-2-14-36-25)38(26)19-20-12-15-37(16-13-20)29(34)35/h1-11,14,17-18,20H,12-13,15-16,19H2,(H3,34,35). The third-order valence-electron chi connectivity index (χ3n) is 7.03. The first-order valence-electron chi connectivity index (χ1n) is 12.9. The second-order valence-corrected chi connectivity index (χ2v) is 9.73. The number of benzene rings is 2. The number of nitrogens with zero attached hydrogens (tertiary/aromatic N) is 3. The Bertz CT molecular complexity index is 1510. The smallest absolute Gasteiger partial charge is 0.416 e. The van der Waals surface area contributed by atoms with Crippen LogP contribution in [-0.2, 0) is 12.7 Å². The summed E-state index contributed by atoms with van der Waals surface area (Å²) in [5.74, 6) is 0.553. The number of nitrogens with two attached hydrogens (primary N) is 1. The van der Waals surface area contributed by atoms with E-state index in [1.807, 2.05) is 21.6 Å². The molecule has 40 heavy (non-hydrogen) atoms. The molecule has 10 heteroatoms. The van der Waals surface area contributed by atoms with Crippen molar-refractivity contribution in [3.63, 3.8) is 0 Å². The van der Waals surface area contributed by atoms with Gasteiger partial charge in [0.1, 0.15) is 17.2 Å². The molecular formula is C30H28F3N5O2. The molecule has 0 aliphatic carbocycles. The molecule has 5 rings (SSSR count). The molecule has 0 atom stereocenters. The van der Waals surface area contributed by atoms with Gasteiger partial charge in [0.15, 0.2) is 5.96 Å². The molecule has 0 spiro atoms. The van der Waals surface area contributed by atoms with Crippen LogP contribution in [-0.4, -0.2) is 39.3 Å². The van der Waals surface area contributed by atoms with Gasteiger partial charge in [0.2, 0.25) is 5.78 Å². The van der Waals surface area contributed by atoms with Crippen LogP contribution in [0.1, 0.15) is 34.6 Å². The zero-order valence-electron chi connectivity index (χ0n) is 21.6. The zero-order valence-corrected chi connectivity index (χ0v) is 21.6. The van der Waals surface area contributed by atoms with Gasteiger partial charge in [-0.15, -0.1) is 0 Å². The summed E-state index contributed by atoms with van der Waals surface area (Å²) in [5.41, 5.74) is 7.24.